The molecule has 0 aromatic rings. The van der Waals surface area contributed by atoms with Crippen LogP contribution in [0.15, 0.2) is 0 Å². The average Bonchev–Trinajstić information content (AvgIpc) is 1.68. The Balaban J connectivity index is 2.83. The molecule has 0 rings (SSSR count). The summed E-state index contributed by atoms with van der Waals surface area (Å²) in [6.45, 7) is 1.94. The summed E-state index contributed by atoms with van der Waals surface area (Å²) in [6, 6.07) is 0.242. The van der Waals surface area contributed by atoms with Gasteiger partial charge in [-0.1, -0.05) is 0 Å². The monoisotopic (exact) mass is 123 g/mol. The van der Waals surface area contributed by atoms with Crippen LogP contribution in [0.4, 0.5) is 0 Å². The summed E-state index contributed by atoms with van der Waals surface area (Å²) in [7, 11) is 1.57. The van der Waals surface area contributed by atoms with E-state index < -0.39 is 0 Å². The highest BCUT2D eigenvalue weighted by Crippen LogP contribution is 1.82. The van der Waals surface area contributed by atoms with E-state index in [1.54, 1.807) is 7.11 Å². The highest BCUT2D eigenvalue weighted by Gasteiger charge is 1.92. The van der Waals surface area contributed by atoms with Gasteiger partial charge in [-0.2, -0.15) is 5.48 Å². The van der Waals surface area contributed by atoms with Crippen LogP contribution < -0.4 is 5.48 Å². The minimum absolute atomic E-state index is 0.242. The zero-order valence-corrected chi connectivity index (χ0v) is 5.33. The first kappa shape index (κ1) is 7.21. The van der Waals surface area contributed by atoms with Crippen LogP contribution in [-0.4, -0.2) is 19.0 Å². The van der Waals surface area contributed by atoms with Gasteiger partial charge in [-0.25, -0.2) is 0 Å². The van der Waals surface area contributed by atoms with E-state index in [1.807, 2.05) is 6.92 Å². The standard InChI is InChI=1S/C4H10ClNO/c1-4(3-5)6-7-2/h4,6H,3H2,1-2H3. The normalized spacial score (nSPS) is 14.1. The summed E-state index contributed by atoms with van der Waals surface area (Å²) in [5.41, 5.74) is 2.66. The first-order chi connectivity index (χ1) is 3.31. The maximum absolute atomic E-state index is 5.39. The third kappa shape index (κ3) is 4.05. The van der Waals surface area contributed by atoms with Crippen molar-refractivity contribution < 1.29 is 4.84 Å². The molecular formula is C4H10ClNO. The largest absolute Gasteiger partial charge is 0.305 e. The Morgan fingerprint density at radius 1 is 1.86 bits per heavy atom. The average molecular weight is 124 g/mol. The Labute approximate surface area is 48.8 Å². The Hall–Kier alpha value is 0.210. The number of hydrogen-bond donors (Lipinski definition) is 1. The molecule has 1 N–H and O–H groups in total. The van der Waals surface area contributed by atoms with E-state index >= 15 is 0 Å². The van der Waals surface area contributed by atoms with E-state index in [-0.39, 0.29) is 6.04 Å². The highest BCUT2D eigenvalue weighted by molar-refractivity contribution is 6.18. The lowest BCUT2D eigenvalue weighted by Gasteiger charge is -2.04. The van der Waals surface area contributed by atoms with Gasteiger partial charge in [0.25, 0.3) is 0 Å². The van der Waals surface area contributed by atoms with Crippen LogP contribution in [0.25, 0.3) is 0 Å². The lowest BCUT2D eigenvalue weighted by Crippen LogP contribution is -2.25. The van der Waals surface area contributed by atoms with E-state index in [0.29, 0.717) is 5.88 Å². The molecule has 3 heteroatoms. The van der Waals surface area contributed by atoms with Crippen LogP contribution in [0.3, 0.4) is 0 Å². The molecule has 0 amide bonds. The second-order valence-electron chi connectivity index (χ2n) is 1.38. The van der Waals surface area contributed by atoms with Crippen molar-refractivity contribution in [3.05, 3.63) is 0 Å². The Bertz CT molecular complexity index is 42.7. The number of hydrogen-bond acceptors (Lipinski definition) is 2. The van der Waals surface area contributed by atoms with Crippen molar-refractivity contribution in [3.8, 4) is 0 Å². The van der Waals surface area contributed by atoms with Crippen molar-refractivity contribution in [1.29, 1.82) is 0 Å². The van der Waals surface area contributed by atoms with E-state index in [1.165, 1.54) is 0 Å². The molecule has 0 spiro atoms. The van der Waals surface area contributed by atoms with Crippen molar-refractivity contribution in [2.45, 2.75) is 13.0 Å². The molecule has 0 fully saturated rings. The number of hydroxylamine groups is 1. The van der Waals surface area contributed by atoms with Crippen molar-refractivity contribution in [1.82, 2.24) is 5.48 Å². The summed E-state index contributed by atoms with van der Waals surface area (Å²) in [5.74, 6) is 0.577. The Morgan fingerprint density at radius 3 is 2.57 bits per heavy atom. The molecule has 0 saturated heterocycles. The molecule has 0 bridgehead atoms. The molecule has 0 aliphatic rings. The first-order valence-corrected chi connectivity index (χ1v) is 2.69. The minimum Gasteiger partial charge on any atom is -0.305 e. The summed E-state index contributed by atoms with van der Waals surface area (Å²) >= 11 is 5.39. The smallest absolute Gasteiger partial charge is 0.0572 e. The highest BCUT2D eigenvalue weighted by atomic mass is 35.5. The molecule has 0 aliphatic carbocycles. The number of nitrogens with one attached hydrogen (secondary N) is 1. The molecule has 0 heterocycles. The van der Waals surface area contributed by atoms with Gasteiger partial charge < -0.3 is 4.84 Å². The van der Waals surface area contributed by atoms with E-state index in [9.17, 15) is 0 Å². The zero-order valence-electron chi connectivity index (χ0n) is 4.57. The van der Waals surface area contributed by atoms with Gasteiger partial charge in [0.05, 0.1) is 7.11 Å². The molecule has 1 atom stereocenters. The number of halogens is 1. The second kappa shape index (κ2) is 4.37. The zero-order chi connectivity index (χ0) is 5.70. The molecule has 7 heavy (non-hydrogen) atoms. The van der Waals surface area contributed by atoms with Crippen molar-refractivity contribution in [3.63, 3.8) is 0 Å². The fourth-order valence-electron chi connectivity index (χ4n) is 0.233. The quantitative estimate of drug-likeness (QED) is 0.442. The van der Waals surface area contributed by atoms with Crippen LogP contribution in [0.5, 0.6) is 0 Å². The van der Waals surface area contributed by atoms with E-state index in [4.69, 9.17) is 11.6 Å². The van der Waals surface area contributed by atoms with Gasteiger partial charge in [-0.05, 0) is 6.92 Å². The first-order valence-electron chi connectivity index (χ1n) is 2.15. The van der Waals surface area contributed by atoms with Crippen molar-refractivity contribution in [2.75, 3.05) is 13.0 Å². The van der Waals surface area contributed by atoms with E-state index in [0.717, 1.165) is 0 Å². The lowest BCUT2D eigenvalue weighted by molar-refractivity contribution is 0.0720. The predicted molar refractivity (Wildman–Crippen MR) is 30.3 cm³/mol. The second-order valence-corrected chi connectivity index (χ2v) is 1.69. The summed E-state index contributed by atoms with van der Waals surface area (Å²) < 4.78 is 0. The van der Waals surface area contributed by atoms with Gasteiger partial charge >= 0.3 is 0 Å². The molecule has 44 valence electrons. The van der Waals surface area contributed by atoms with Crippen LogP contribution >= 0.6 is 11.6 Å². The van der Waals surface area contributed by atoms with Gasteiger partial charge in [-0.3, -0.25) is 0 Å². The number of rotatable bonds is 3. The fourth-order valence-corrected chi connectivity index (χ4v) is 0.296. The molecule has 1 unspecified atom stereocenters. The molecule has 0 aromatic carbocycles. The van der Waals surface area contributed by atoms with Crippen LogP contribution in [0, 0.1) is 0 Å². The van der Waals surface area contributed by atoms with Crippen molar-refractivity contribution >= 4 is 11.6 Å². The SMILES string of the molecule is CONC(C)CCl. The van der Waals surface area contributed by atoms with Crippen LogP contribution in [-0.2, 0) is 4.84 Å². The lowest BCUT2D eigenvalue weighted by atomic mass is 10.4. The predicted octanol–water partition coefficient (Wildman–Crippen LogP) is 0.765. The molecule has 0 saturated carbocycles. The molecule has 2 nitrogen and oxygen atoms in total. The maximum atomic E-state index is 5.39. The Morgan fingerprint density at radius 2 is 2.43 bits per heavy atom. The maximum Gasteiger partial charge on any atom is 0.0572 e. The summed E-state index contributed by atoms with van der Waals surface area (Å²) in [4.78, 5) is 4.56. The third-order valence-corrected chi connectivity index (χ3v) is 1.01. The molecule has 0 radical (unpaired) electrons. The van der Waals surface area contributed by atoms with Gasteiger partial charge in [-0.15, -0.1) is 11.6 Å². The van der Waals surface area contributed by atoms with Gasteiger partial charge in [0.1, 0.15) is 0 Å². The topological polar surface area (TPSA) is 21.3 Å². The number of alkyl halides is 1. The van der Waals surface area contributed by atoms with Gasteiger partial charge in [0, 0.05) is 11.9 Å². The third-order valence-electron chi connectivity index (χ3n) is 0.550. The van der Waals surface area contributed by atoms with Gasteiger partial charge in [0.15, 0.2) is 0 Å². The van der Waals surface area contributed by atoms with Crippen LogP contribution in [0.2, 0.25) is 0 Å². The molecule has 0 aromatic heterocycles. The molecular weight excluding hydrogens is 114 g/mol. The summed E-state index contributed by atoms with van der Waals surface area (Å²) in [5, 5.41) is 0. The van der Waals surface area contributed by atoms with Crippen molar-refractivity contribution in [2.24, 2.45) is 0 Å². The van der Waals surface area contributed by atoms with Crippen LogP contribution in [0.1, 0.15) is 6.92 Å². The summed E-state index contributed by atoms with van der Waals surface area (Å²) in [6.07, 6.45) is 0. The Kier molecular flexibility index (Phi) is 4.50. The minimum atomic E-state index is 0.242. The van der Waals surface area contributed by atoms with Gasteiger partial charge in [0.2, 0.25) is 0 Å². The molecule has 0 aliphatic heterocycles. The van der Waals surface area contributed by atoms with E-state index in [2.05, 4.69) is 10.3 Å². The fraction of sp³-hybridized carbons (Fsp3) is 1.00.